The largest absolute Gasteiger partial charge is 0.497 e. The summed E-state index contributed by atoms with van der Waals surface area (Å²) in [6.45, 7) is 0. The molecule has 0 unspecified atom stereocenters. The van der Waals surface area contributed by atoms with Crippen molar-refractivity contribution in [1.29, 1.82) is 0 Å². The Kier molecular flexibility index (Phi) is 3.57. The molecule has 0 fully saturated rings. The van der Waals surface area contributed by atoms with Crippen molar-refractivity contribution < 1.29 is 13.9 Å². The third-order valence-electron chi connectivity index (χ3n) is 3.85. The Labute approximate surface area is 122 Å². The van der Waals surface area contributed by atoms with E-state index in [1.165, 1.54) is 17.7 Å². The summed E-state index contributed by atoms with van der Waals surface area (Å²) in [4.78, 5) is 11.4. The molecule has 21 heavy (non-hydrogen) atoms. The molecule has 0 N–H and O–H groups in total. The predicted octanol–water partition coefficient (Wildman–Crippen LogP) is 3.78. The maximum absolute atomic E-state index is 13.1. The van der Waals surface area contributed by atoms with E-state index in [0.29, 0.717) is 6.42 Å². The van der Waals surface area contributed by atoms with Crippen LogP contribution >= 0.6 is 0 Å². The van der Waals surface area contributed by atoms with Gasteiger partial charge in [0.25, 0.3) is 0 Å². The highest BCUT2D eigenvalue weighted by atomic mass is 19.1. The van der Waals surface area contributed by atoms with Gasteiger partial charge in [-0.15, -0.1) is 0 Å². The fraction of sp³-hybridized carbons (Fsp3) is 0.167. The summed E-state index contributed by atoms with van der Waals surface area (Å²) in [5, 5.41) is 0. The average Bonchev–Trinajstić information content (AvgIpc) is 2.54. The number of hydrogen-bond acceptors (Lipinski definition) is 2. The van der Waals surface area contributed by atoms with Crippen molar-refractivity contribution in [3.05, 3.63) is 70.5 Å². The lowest BCUT2D eigenvalue weighted by Crippen LogP contribution is -2.07. The molecule has 1 aliphatic carbocycles. The third kappa shape index (κ3) is 2.47. The maximum atomic E-state index is 13.1. The number of rotatable bonds is 3. The standard InChI is InChI=1S/C18H15FO2/c1-21-16-9-6-12-2-3-14(11-20)18(17(12)10-16)13-4-7-15(19)8-5-13/h4-11H,2-3H2,1H3. The van der Waals surface area contributed by atoms with Crippen LogP contribution in [0.1, 0.15) is 23.1 Å². The van der Waals surface area contributed by atoms with Crippen LogP contribution in [0, 0.1) is 5.82 Å². The molecule has 106 valence electrons. The van der Waals surface area contributed by atoms with Gasteiger partial charge >= 0.3 is 0 Å². The number of fused-ring (bicyclic) bond motifs is 1. The highest BCUT2D eigenvalue weighted by Crippen LogP contribution is 2.37. The number of carbonyl (C=O) groups is 1. The molecule has 3 heteroatoms. The second-order valence-electron chi connectivity index (χ2n) is 5.05. The summed E-state index contributed by atoms with van der Waals surface area (Å²) in [5.74, 6) is 0.467. The van der Waals surface area contributed by atoms with Gasteiger partial charge in [-0.3, -0.25) is 4.79 Å². The summed E-state index contributed by atoms with van der Waals surface area (Å²) < 4.78 is 18.4. The average molecular weight is 282 g/mol. The second kappa shape index (κ2) is 5.52. The number of aldehydes is 1. The van der Waals surface area contributed by atoms with Crippen molar-refractivity contribution in [2.24, 2.45) is 0 Å². The Hall–Kier alpha value is -2.42. The maximum Gasteiger partial charge on any atom is 0.146 e. The zero-order valence-corrected chi connectivity index (χ0v) is 11.7. The number of halogens is 1. The van der Waals surface area contributed by atoms with Crippen LogP contribution in [0.4, 0.5) is 4.39 Å². The molecular weight excluding hydrogens is 267 g/mol. The van der Waals surface area contributed by atoms with Crippen LogP contribution in [0.15, 0.2) is 48.0 Å². The van der Waals surface area contributed by atoms with Crippen molar-refractivity contribution >= 4 is 11.9 Å². The molecule has 0 radical (unpaired) electrons. The Morgan fingerprint density at radius 3 is 2.52 bits per heavy atom. The number of aryl methyl sites for hydroxylation is 1. The van der Waals surface area contributed by atoms with Crippen LogP contribution < -0.4 is 4.74 Å². The zero-order valence-electron chi connectivity index (χ0n) is 11.7. The zero-order chi connectivity index (χ0) is 14.8. The van der Waals surface area contributed by atoms with Crippen molar-refractivity contribution in [3.63, 3.8) is 0 Å². The molecule has 0 spiro atoms. The fourth-order valence-corrected chi connectivity index (χ4v) is 2.78. The molecular formula is C18H15FO2. The van der Waals surface area contributed by atoms with E-state index in [1.54, 1.807) is 19.2 Å². The van der Waals surface area contributed by atoms with Gasteiger partial charge in [0.05, 0.1) is 7.11 Å². The van der Waals surface area contributed by atoms with Crippen LogP contribution in [-0.2, 0) is 11.2 Å². The first-order chi connectivity index (χ1) is 10.2. The molecule has 0 bridgehead atoms. The second-order valence-corrected chi connectivity index (χ2v) is 5.05. The number of hydrogen-bond donors (Lipinski definition) is 0. The van der Waals surface area contributed by atoms with E-state index in [1.807, 2.05) is 18.2 Å². The normalized spacial score (nSPS) is 13.8. The molecule has 0 amide bonds. The lowest BCUT2D eigenvalue weighted by atomic mass is 9.82. The van der Waals surface area contributed by atoms with Crippen LogP contribution in [0.2, 0.25) is 0 Å². The van der Waals surface area contributed by atoms with Gasteiger partial charge in [0.2, 0.25) is 0 Å². The van der Waals surface area contributed by atoms with Gasteiger partial charge in [-0.1, -0.05) is 18.2 Å². The summed E-state index contributed by atoms with van der Waals surface area (Å²) in [6, 6.07) is 12.1. The molecule has 2 nitrogen and oxygen atoms in total. The van der Waals surface area contributed by atoms with E-state index in [0.717, 1.165) is 40.7 Å². The minimum Gasteiger partial charge on any atom is -0.497 e. The number of carbonyl (C=O) groups excluding carboxylic acids is 1. The molecule has 0 aromatic heterocycles. The van der Waals surface area contributed by atoms with Gasteiger partial charge in [-0.25, -0.2) is 4.39 Å². The van der Waals surface area contributed by atoms with E-state index < -0.39 is 0 Å². The quantitative estimate of drug-likeness (QED) is 0.801. The van der Waals surface area contributed by atoms with Crippen LogP contribution in [0.25, 0.3) is 5.57 Å². The molecule has 0 saturated heterocycles. The van der Waals surface area contributed by atoms with E-state index in [9.17, 15) is 9.18 Å². The molecule has 0 aliphatic heterocycles. The van der Waals surface area contributed by atoms with E-state index in [-0.39, 0.29) is 5.82 Å². The summed E-state index contributed by atoms with van der Waals surface area (Å²) in [5.41, 5.74) is 4.66. The summed E-state index contributed by atoms with van der Waals surface area (Å²) in [7, 11) is 1.62. The lowest BCUT2D eigenvalue weighted by Gasteiger charge is -2.22. The van der Waals surface area contributed by atoms with Crippen molar-refractivity contribution in [1.82, 2.24) is 0 Å². The van der Waals surface area contributed by atoms with Gasteiger partial charge in [-0.05, 0) is 59.4 Å². The van der Waals surface area contributed by atoms with E-state index in [2.05, 4.69) is 0 Å². The van der Waals surface area contributed by atoms with Gasteiger partial charge < -0.3 is 4.74 Å². The van der Waals surface area contributed by atoms with Gasteiger partial charge in [0.15, 0.2) is 0 Å². The Morgan fingerprint density at radius 2 is 1.86 bits per heavy atom. The Morgan fingerprint density at radius 1 is 1.10 bits per heavy atom. The Bertz CT molecular complexity index is 714. The third-order valence-corrected chi connectivity index (χ3v) is 3.85. The number of benzene rings is 2. The van der Waals surface area contributed by atoms with Crippen LogP contribution in [0.5, 0.6) is 5.75 Å². The van der Waals surface area contributed by atoms with E-state index in [4.69, 9.17) is 4.74 Å². The first-order valence-electron chi connectivity index (χ1n) is 6.84. The Balaban J connectivity index is 2.21. The minimum atomic E-state index is -0.284. The molecule has 0 saturated carbocycles. The lowest BCUT2D eigenvalue weighted by molar-refractivity contribution is -0.105. The van der Waals surface area contributed by atoms with Crippen molar-refractivity contribution in [2.45, 2.75) is 12.8 Å². The first-order valence-corrected chi connectivity index (χ1v) is 6.84. The molecule has 2 aromatic rings. The smallest absolute Gasteiger partial charge is 0.146 e. The topological polar surface area (TPSA) is 26.3 Å². The summed E-state index contributed by atoms with van der Waals surface area (Å²) in [6.07, 6.45) is 2.44. The molecule has 0 heterocycles. The van der Waals surface area contributed by atoms with Crippen LogP contribution in [0.3, 0.4) is 0 Å². The van der Waals surface area contributed by atoms with Gasteiger partial charge in [0.1, 0.15) is 17.9 Å². The SMILES string of the molecule is COc1ccc2c(c1)C(c1ccc(F)cc1)=C(C=O)CC2. The van der Waals surface area contributed by atoms with Crippen LogP contribution in [-0.4, -0.2) is 13.4 Å². The predicted molar refractivity (Wildman–Crippen MR) is 79.8 cm³/mol. The highest BCUT2D eigenvalue weighted by molar-refractivity contribution is 5.96. The molecule has 1 aliphatic rings. The van der Waals surface area contributed by atoms with Gasteiger partial charge in [0, 0.05) is 5.57 Å². The molecule has 0 atom stereocenters. The molecule has 3 rings (SSSR count). The first kappa shape index (κ1) is 13.6. The minimum absolute atomic E-state index is 0.284. The number of methoxy groups -OCH3 is 1. The van der Waals surface area contributed by atoms with Crippen molar-refractivity contribution in [2.75, 3.05) is 7.11 Å². The highest BCUT2D eigenvalue weighted by Gasteiger charge is 2.20. The van der Waals surface area contributed by atoms with Gasteiger partial charge in [-0.2, -0.15) is 0 Å². The number of allylic oxidation sites excluding steroid dienone is 1. The molecule has 2 aromatic carbocycles. The number of ether oxygens (including phenoxy) is 1. The van der Waals surface area contributed by atoms with E-state index >= 15 is 0 Å². The monoisotopic (exact) mass is 282 g/mol. The van der Waals surface area contributed by atoms with Crippen molar-refractivity contribution in [3.8, 4) is 5.75 Å². The fourth-order valence-electron chi connectivity index (χ4n) is 2.78. The summed E-state index contributed by atoms with van der Waals surface area (Å²) >= 11 is 0.